The third-order valence-corrected chi connectivity index (χ3v) is 1.47. The molecular formula is C6H6N4O3. The first-order valence-corrected chi connectivity index (χ1v) is 3.46. The van der Waals surface area contributed by atoms with Gasteiger partial charge in [0.2, 0.25) is 0 Å². The molecule has 7 heteroatoms. The van der Waals surface area contributed by atoms with Crippen LogP contribution in [-0.4, -0.2) is 20.6 Å². The summed E-state index contributed by atoms with van der Waals surface area (Å²) in [7, 11) is 0. The summed E-state index contributed by atoms with van der Waals surface area (Å²) in [6, 6.07) is 1.51. The van der Waals surface area contributed by atoms with Gasteiger partial charge in [-0.25, -0.2) is 4.63 Å². The molecule has 0 atom stereocenters. The van der Waals surface area contributed by atoms with Crippen LogP contribution in [0, 0.1) is 0 Å². The number of aliphatic hydroxyl groups is 1. The zero-order valence-corrected chi connectivity index (χ0v) is 6.47. The monoisotopic (exact) mass is 182 g/mol. The first kappa shape index (κ1) is 7.74. The molecule has 0 saturated carbocycles. The Morgan fingerprint density at radius 1 is 1.38 bits per heavy atom. The van der Waals surface area contributed by atoms with Crippen molar-refractivity contribution in [3.05, 3.63) is 11.8 Å². The van der Waals surface area contributed by atoms with Gasteiger partial charge in [-0.05, 0) is 10.3 Å². The van der Waals surface area contributed by atoms with Gasteiger partial charge >= 0.3 is 0 Å². The normalized spacial score (nSPS) is 10.5. The van der Waals surface area contributed by atoms with E-state index in [-0.39, 0.29) is 12.4 Å². The molecule has 0 saturated heterocycles. The highest BCUT2D eigenvalue weighted by Gasteiger charge is 2.13. The Balaban J connectivity index is 2.41. The van der Waals surface area contributed by atoms with Gasteiger partial charge in [-0.15, -0.1) is 0 Å². The number of hydrogen-bond acceptors (Lipinski definition) is 7. The average molecular weight is 182 g/mol. The van der Waals surface area contributed by atoms with E-state index in [0.717, 1.165) is 0 Å². The van der Waals surface area contributed by atoms with Gasteiger partial charge in [-0.2, -0.15) is 0 Å². The largest absolute Gasteiger partial charge is 0.388 e. The van der Waals surface area contributed by atoms with E-state index in [4.69, 9.17) is 15.4 Å². The van der Waals surface area contributed by atoms with Gasteiger partial charge in [0.05, 0.1) is 0 Å². The van der Waals surface area contributed by atoms with Crippen molar-refractivity contribution >= 4 is 5.82 Å². The van der Waals surface area contributed by atoms with Crippen molar-refractivity contribution in [2.45, 2.75) is 6.61 Å². The third kappa shape index (κ3) is 1.25. The van der Waals surface area contributed by atoms with Gasteiger partial charge in [0, 0.05) is 6.07 Å². The van der Waals surface area contributed by atoms with Crippen LogP contribution in [0.1, 0.15) is 5.76 Å². The van der Waals surface area contributed by atoms with Crippen LogP contribution in [0.2, 0.25) is 0 Å². The van der Waals surface area contributed by atoms with Gasteiger partial charge in [-0.3, -0.25) is 0 Å². The molecule has 0 aliphatic heterocycles. The minimum Gasteiger partial charge on any atom is -0.388 e. The molecule has 0 amide bonds. The van der Waals surface area contributed by atoms with Crippen molar-refractivity contribution < 1.29 is 14.3 Å². The second kappa shape index (κ2) is 2.87. The summed E-state index contributed by atoms with van der Waals surface area (Å²) in [6.45, 7) is -0.224. The van der Waals surface area contributed by atoms with E-state index in [1.807, 2.05) is 0 Å². The van der Waals surface area contributed by atoms with Crippen molar-refractivity contribution in [3.8, 4) is 11.4 Å². The fourth-order valence-electron chi connectivity index (χ4n) is 0.872. The lowest BCUT2D eigenvalue weighted by Gasteiger charge is -1.83. The quantitative estimate of drug-likeness (QED) is 0.661. The Labute approximate surface area is 72.1 Å². The molecule has 2 aromatic rings. The van der Waals surface area contributed by atoms with Gasteiger partial charge in [0.1, 0.15) is 12.3 Å². The van der Waals surface area contributed by atoms with E-state index in [9.17, 15) is 0 Å². The highest BCUT2D eigenvalue weighted by atomic mass is 16.6. The Morgan fingerprint density at radius 3 is 2.77 bits per heavy atom. The highest BCUT2D eigenvalue weighted by molar-refractivity contribution is 5.64. The van der Waals surface area contributed by atoms with E-state index in [0.29, 0.717) is 17.1 Å². The minimum atomic E-state index is -0.224. The van der Waals surface area contributed by atoms with Crippen LogP contribution in [0.5, 0.6) is 0 Å². The van der Waals surface area contributed by atoms with Gasteiger partial charge in [0.25, 0.3) is 0 Å². The zero-order valence-electron chi connectivity index (χ0n) is 6.47. The van der Waals surface area contributed by atoms with E-state index >= 15 is 0 Å². The predicted molar refractivity (Wildman–Crippen MR) is 40.1 cm³/mol. The molecule has 0 aliphatic rings. The zero-order chi connectivity index (χ0) is 9.26. The summed E-state index contributed by atoms with van der Waals surface area (Å²) < 4.78 is 9.10. The van der Waals surface area contributed by atoms with Crippen molar-refractivity contribution in [3.63, 3.8) is 0 Å². The van der Waals surface area contributed by atoms with Crippen molar-refractivity contribution in [1.82, 2.24) is 15.5 Å². The molecule has 68 valence electrons. The number of aromatic nitrogens is 3. The number of anilines is 1. The Kier molecular flexibility index (Phi) is 1.71. The van der Waals surface area contributed by atoms with Gasteiger partial charge in [-0.1, -0.05) is 5.16 Å². The molecule has 0 aromatic carbocycles. The molecule has 7 nitrogen and oxygen atoms in total. The van der Waals surface area contributed by atoms with Crippen LogP contribution in [-0.2, 0) is 6.61 Å². The molecule has 0 unspecified atom stereocenters. The number of nitrogens with zero attached hydrogens (tertiary/aromatic N) is 3. The summed E-state index contributed by atoms with van der Waals surface area (Å²) in [5, 5.41) is 19.2. The molecule has 0 bridgehead atoms. The van der Waals surface area contributed by atoms with Crippen molar-refractivity contribution in [2.75, 3.05) is 5.73 Å². The number of aliphatic hydroxyl groups excluding tert-OH is 1. The second-order valence-electron chi connectivity index (χ2n) is 2.33. The minimum absolute atomic E-state index is 0.137. The SMILES string of the molecule is Nc1nonc1-c1cc(CO)on1. The summed E-state index contributed by atoms with van der Waals surface area (Å²) in [5.74, 6) is 0.468. The molecule has 2 heterocycles. The molecule has 0 aliphatic carbocycles. The summed E-state index contributed by atoms with van der Waals surface area (Å²) in [4.78, 5) is 0. The molecule has 13 heavy (non-hydrogen) atoms. The average Bonchev–Trinajstić information content (AvgIpc) is 2.71. The molecule has 0 radical (unpaired) electrons. The first-order valence-electron chi connectivity index (χ1n) is 3.46. The van der Waals surface area contributed by atoms with E-state index in [2.05, 4.69) is 20.1 Å². The Morgan fingerprint density at radius 2 is 2.23 bits per heavy atom. The number of nitrogen functional groups attached to an aromatic ring is 1. The van der Waals surface area contributed by atoms with Gasteiger partial charge < -0.3 is 15.4 Å². The van der Waals surface area contributed by atoms with Crippen LogP contribution < -0.4 is 5.73 Å². The van der Waals surface area contributed by atoms with E-state index in [1.165, 1.54) is 6.07 Å². The maximum Gasteiger partial charge on any atom is 0.198 e. The lowest BCUT2D eigenvalue weighted by molar-refractivity contribution is 0.229. The molecule has 2 rings (SSSR count). The maximum atomic E-state index is 8.69. The Bertz CT molecular complexity index is 407. The molecule has 2 aromatic heterocycles. The fraction of sp³-hybridized carbons (Fsp3) is 0.167. The highest BCUT2D eigenvalue weighted by Crippen LogP contribution is 2.21. The molecular weight excluding hydrogens is 176 g/mol. The smallest absolute Gasteiger partial charge is 0.198 e. The van der Waals surface area contributed by atoms with E-state index in [1.54, 1.807) is 0 Å². The van der Waals surface area contributed by atoms with Crippen LogP contribution in [0.25, 0.3) is 11.4 Å². The van der Waals surface area contributed by atoms with Crippen LogP contribution in [0.3, 0.4) is 0 Å². The molecule has 0 spiro atoms. The number of nitrogens with two attached hydrogens (primary N) is 1. The van der Waals surface area contributed by atoms with Crippen molar-refractivity contribution in [2.24, 2.45) is 0 Å². The molecule has 3 N–H and O–H groups in total. The van der Waals surface area contributed by atoms with Crippen LogP contribution in [0.15, 0.2) is 15.2 Å². The van der Waals surface area contributed by atoms with Crippen molar-refractivity contribution in [1.29, 1.82) is 0 Å². The third-order valence-electron chi connectivity index (χ3n) is 1.47. The second-order valence-corrected chi connectivity index (χ2v) is 2.33. The topological polar surface area (TPSA) is 111 Å². The Hall–Kier alpha value is -1.89. The van der Waals surface area contributed by atoms with Gasteiger partial charge in [0.15, 0.2) is 17.3 Å². The lowest BCUT2D eigenvalue weighted by Crippen LogP contribution is -1.87. The van der Waals surface area contributed by atoms with Crippen LogP contribution >= 0.6 is 0 Å². The van der Waals surface area contributed by atoms with E-state index < -0.39 is 0 Å². The predicted octanol–water partition coefficient (Wildman–Crippen LogP) is -0.201. The standard InChI is InChI=1S/C6H6N4O3/c7-6-5(9-13-10-6)4-1-3(2-11)12-8-4/h1,11H,2H2,(H2,7,10). The number of rotatable bonds is 2. The summed E-state index contributed by atoms with van der Waals surface area (Å²) >= 11 is 0. The molecule has 0 fully saturated rings. The van der Waals surface area contributed by atoms with Crippen LogP contribution in [0.4, 0.5) is 5.82 Å². The fourth-order valence-corrected chi connectivity index (χ4v) is 0.872. The number of hydrogen-bond donors (Lipinski definition) is 2. The maximum absolute atomic E-state index is 8.69. The summed E-state index contributed by atoms with van der Waals surface area (Å²) in [6.07, 6.45) is 0. The summed E-state index contributed by atoms with van der Waals surface area (Å²) in [5.41, 5.74) is 6.11. The first-order chi connectivity index (χ1) is 6.31. The lowest BCUT2D eigenvalue weighted by atomic mass is 10.3.